The molecular weight excluding hydrogens is 246 g/mol. The van der Waals surface area contributed by atoms with Crippen LogP contribution in [0.1, 0.15) is 6.42 Å². The number of halogens is 1. The molecule has 0 aromatic rings. The van der Waals surface area contributed by atoms with Gasteiger partial charge in [-0.25, -0.2) is 15.1 Å². The molecule has 0 rings (SSSR count). The fraction of sp³-hybridized carbons (Fsp3) is 0.333. The third kappa shape index (κ3) is 9.06. The summed E-state index contributed by atoms with van der Waals surface area (Å²) in [6.07, 6.45) is 5.23. The Hall–Kier alpha value is -1.89. The Balaban J connectivity index is 3.95. The van der Waals surface area contributed by atoms with Gasteiger partial charge in [0.15, 0.2) is 5.03 Å². The summed E-state index contributed by atoms with van der Waals surface area (Å²) in [4.78, 5) is 14.0. The maximum atomic E-state index is 10.1. The molecule has 17 heavy (non-hydrogen) atoms. The van der Waals surface area contributed by atoms with E-state index in [2.05, 4.69) is 27.3 Å². The van der Waals surface area contributed by atoms with Crippen molar-refractivity contribution < 1.29 is 5.03 Å². The van der Waals surface area contributed by atoms with Gasteiger partial charge in [-0.2, -0.15) is 0 Å². The summed E-state index contributed by atoms with van der Waals surface area (Å²) in [5.74, 6) is 0.0936. The van der Waals surface area contributed by atoms with Gasteiger partial charge in [0.2, 0.25) is 0 Å². The Morgan fingerprint density at radius 2 is 2.35 bits per heavy atom. The number of nitrogens with one attached hydrogen (secondary N) is 2. The van der Waals surface area contributed by atoms with Crippen LogP contribution in [0, 0.1) is 10.1 Å². The highest BCUT2D eigenvalue weighted by Crippen LogP contribution is 2.01. The largest absolute Gasteiger partial charge is 0.354 e. The molecule has 0 aliphatic heterocycles. The molecule has 0 aromatic carbocycles. The van der Waals surface area contributed by atoms with Crippen molar-refractivity contribution in [3.8, 4) is 0 Å². The number of hydrogen-bond donors (Lipinski definition) is 2. The van der Waals surface area contributed by atoms with Gasteiger partial charge in [0, 0.05) is 26.2 Å². The lowest BCUT2D eigenvalue weighted by Crippen LogP contribution is -2.36. The molecule has 0 amide bonds. The summed E-state index contributed by atoms with van der Waals surface area (Å²) in [5, 5.41) is 18.0. The molecule has 2 N–H and O–H groups in total. The Labute approximate surface area is 104 Å². The molecule has 0 fully saturated rings. The summed E-state index contributed by atoms with van der Waals surface area (Å²) in [5.41, 5.74) is 0. The molecule has 0 atom stereocenters. The summed E-state index contributed by atoms with van der Waals surface area (Å²) in [7, 11) is 1.53. The lowest BCUT2D eigenvalue weighted by Gasteiger charge is -2.02. The van der Waals surface area contributed by atoms with Gasteiger partial charge < -0.3 is 10.6 Å². The highest BCUT2D eigenvalue weighted by atomic mass is 35.5. The number of rotatable bonds is 6. The summed E-state index contributed by atoms with van der Waals surface area (Å²) >= 11 is 5.66. The monoisotopic (exact) mass is 259 g/mol. The minimum atomic E-state index is -0.781. The van der Waals surface area contributed by atoms with Gasteiger partial charge in [-0.15, -0.1) is 0 Å². The van der Waals surface area contributed by atoms with E-state index in [1.807, 2.05) is 0 Å². The Bertz CT molecular complexity index is 351. The summed E-state index contributed by atoms with van der Waals surface area (Å²) in [6, 6.07) is 0. The Kier molecular flexibility index (Phi) is 8.31. The van der Waals surface area contributed by atoms with E-state index in [1.54, 1.807) is 12.3 Å². The first kappa shape index (κ1) is 15.1. The first-order valence-electron chi connectivity index (χ1n) is 4.75. The number of hydrazone groups is 1. The van der Waals surface area contributed by atoms with Gasteiger partial charge >= 0.3 is 0 Å². The van der Waals surface area contributed by atoms with E-state index in [1.165, 1.54) is 13.1 Å². The standard InChI is InChI=1S/C9H14ClN5O2/c1-3-5-8(10)12-6-4-7-13-9(11-2)14-15(16)17/h3,5-6H,1,4,7H2,2H3,(H2,11,13,14)/b8-5-,12-6-. The van der Waals surface area contributed by atoms with Crippen molar-refractivity contribution in [3.63, 3.8) is 0 Å². The van der Waals surface area contributed by atoms with Crippen LogP contribution in [0.2, 0.25) is 0 Å². The second kappa shape index (κ2) is 9.34. The van der Waals surface area contributed by atoms with Gasteiger partial charge in [-0.05, 0) is 6.08 Å². The first-order chi connectivity index (χ1) is 8.10. The van der Waals surface area contributed by atoms with Crippen molar-refractivity contribution in [3.05, 3.63) is 34.0 Å². The normalized spacial score (nSPS) is 12.6. The summed E-state index contributed by atoms with van der Waals surface area (Å²) < 4.78 is 0. The zero-order valence-corrected chi connectivity index (χ0v) is 10.1. The highest BCUT2D eigenvalue weighted by molar-refractivity contribution is 6.29. The van der Waals surface area contributed by atoms with Crippen LogP contribution in [0.25, 0.3) is 0 Å². The zero-order valence-electron chi connectivity index (χ0n) is 9.39. The van der Waals surface area contributed by atoms with E-state index in [-0.39, 0.29) is 5.96 Å². The lowest BCUT2D eigenvalue weighted by molar-refractivity contribution is -0.485. The van der Waals surface area contributed by atoms with Crippen molar-refractivity contribution in [2.24, 2.45) is 10.1 Å². The number of nitro groups is 1. The van der Waals surface area contributed by atoms with E-state index in [0.29, 0.717) is 18.1 Å². The van der Waals surface area contributed by atoms with Crippen LogP contribution in [0.3, 0.4) is 0 Å². The van der Waals surface area contributed by atoms with Crippen molar-refractivity contribution in [1.82, 2.24) is 10.6 Å². The van der Waals surface area contributed by atoms with Crippen LogP contribution in [-0.2, 0) is 0 Å². The molecule has 0 unspecified atom stereocenters. The molecule has 94 valence electrons. The van der Waals surface area contributed by atoms with E-state index in [4.69, 9.17) is 11.6 Å². The van der Waals surface area contributed by atoms with Gasteiger partial charge in [0.1, 0.15) is 10.3 Å². The molecule has 0 heterocycles. The first-order valence-corrected chi connectivity index (χ1v) is 5.13. The highest BCUT2D eigenvalue weighted by Gasteiger charge is 1.99. The van der Waals surface area contributed by atoms with E-state index >= 15 is 0 Å². The molecule has 0 saturated carbocycles. The van der Waals surface area contributed by atoms with E-state index in [9.17, 15) is 10.1 Å². The number of guanidine groups is 1. The molecule has 0 aliphatic carbocycles. The lowest BCUT2D eigenvalue weighted by atomic mass is 10.4. The van der Waals surface area contributed by atoms with Crippen molar-refractivity contribution in [1.29, 1.82) is 0 Å². The number of nitrogens with zero attached hydrogens (tertiary/aromatic N) is 3. The van der Waals surface area contributed by atoms with Crippen LogP contribution in [0.4, 0.5) is 0 Å². The van der Waals surface area contributed by atoms with Gasteiger partial charge in [0.05, 0.1) is 0 Å². The molecule has 0 radical (unpaired) electrons. The molecule has 0 aromatic heterocycles. The quantitative estimate of drug-likeness (QED) is 0.142. The third-order valence-electron chi connectivity index (χ3n) is 1.45. The van der Waals surface area contributed by atoms with Gasteiger partial charge in [-0.3, -0.25) is 0 Å². The predicted octanol–water partition coefficient (Wildman–Crippen LogP) is 1.07. The van der Waals surface area contributed by atoms with Gasteiger partial charge in [0.25, 0.3) is 5.96 Å². The zero-order chi connectivity index (χ0) is 13.1. The number of allylic oxidation sites excluding steroid dienone is 2. The molecule has 0 saturated heterocycles. The molecule has 8 heteroatoms. The molecule has 0 spiro atoms. The maximum Gasteiger partial charge on any atom is 0.268 e. The second-order valence-corrected chi connectivity index (χ2v) is 3.08. The van der Waals surface area contributed by atoms with E-state index < -0.39 is 5.03 Å². The second-order valence-electron chi connectivity index (χ2n) is 2.69. The third-order valence-corrected chi connectivity index (χ3v) is 1.68. The van der Waals surface area contributed by atoms with Crippen LogP contribution in [-0.4, -0.2) is 30.8 Å². The van der Waals surface area contributed by atoms with Crippen molar-refractivity contribution in [2.45, 2.75) is 6.42 Å². The van der Waals surface area contributed by atoms with Crippen LogP contribution >= 0.6 is 11.6 Å². The predicted molar refractivity (Wildman–Crippen MR) is 68.7 cm³/mol. The molecule has 0 aliphatic rings. The minimum absolute atomic E-state index is 0.0936. The fourth-order valence-electron chi connectivity index (χ4n) is 0.803. The molecular formula is C9H14ClN5O2. The average molecular weight is 260 g/mol. The molecule has 0 bridgehead atoms. The topological polar surface area (TPSA) is 91.9 Å². The van der Waals surface area contributed by atoms with E-state index in [0.717, 1.165) is 0 Å². The van der Waals surface area contributed by atoms with Crippen LogP contribution in [0.5, 0.6) is 0 Å². The van der Waals surface area contributed by atoms with Crippen LogP contribution in [0.15, 0.2) is 34.0 Å². The number of hydrogen-bond acceptors (Lipinski definition) is 3. The SMILES string of the molecule is C=C/C=C(Cl)\N=C/CCN/C(=N/[N+](=O)[O-])NC. The molecule has 7 nitrogen and oxygen atoms in total. The Morgan fingerprint density at radius 3 is 2.88 bits per heavy atom. The minimum Gasteiger partial charge on any atom is -0.354 e. The summed E-state index contributed by atoms with van der Waals surface area (Å²) in [6.45, 7) is 3.93. The van der Waals surface area contributed by atoms with Gasteiger partial charge in [-0.1, -0.05) is 24.3 Å². The average Bonchev–Trinajstić information content (AvgIpc) is 2.26. The fourth-order valence-corrected chi connectivity index (χ4v) is 0.961. The maximum absolute atomic E-state index is 10.1. The van der Waals surface area contributed by atoms with Crippen molar-refractivity contribution in [2.75, 3.05) is 13.6 Å². The number of aliphatic imine (C=N–C) groups is 1. The van der Waals surface area contributed by atoms with Crippen LogP contribution < -0.4 is 10.6 Å². The van der Waals surface area contributed by atoms with Crippen molar-refractivity contribution >= 4 is 23.8 Å². The smallest absolute Gasteiger partial charge is 0.268 e. The Morgan fingerprint density at radius 1 is 1.65 bits per heavy atom.